The first-order chi connectivity index (χ1) is 7.13. The number of aromatic nitrogens is 2. The van der Waals surface area contributed by atoms with Crippen LogP contribution >= 0.6 is 0 Å². The van der Waals surface area contributed by atoms with Crippen LogP contribution < -0.4 is 5.48 Å². The van der Waals surface area contributed by atoms with Crippen LogP contribution in [0.2, 0.25) is 0 Å². The highest BCUT2D eigenvalue weighted by atomic mass is 16.6. The molecule has 5 heteroatoms. The first-order valence-corrected chi connectivity index (χ1v) is 5.05. The van der Waals surface area contributed by atoms with E-state index in [-0.39, 0.29) is 5.91 Å². The van der Waals surface area contributed by atoms with Gasteiger partial charge >= 0.3 is 0 Å². The first-order valence-electron chi connectivity index (χ1n) is 5.05. The van der Waals surface area contributed by atoms with E-state index in [1.165, 1.54) is 0 Å². The molecule has 1 N–H and O–H groups in total. The predicted molar refractivity (Wildman–Crippen MR) is 56.1 cm³/mol. The summed E-state index contributed by atoms with van der Waals surface area (Å²) in [6.45, 7) is 6.79. The summed E-state index contributed by atoms with van der Waals surface area (Å²) in [6, 6.07) is 1.99. The van der Waals surface area contributed by atoms with E-state index in [1.54, 1.807) is 0 Å². The fourth-order valence-electron chi connectivity index (χ4n) is 1.31. The Morgan fingerprint density at radius 3 is 2.87 bits per heavy atom. The van der Waals surface area contributed by atoms with Crippen molar-refractivity contribution in [2.75, 3.05) is 6.61 Å². The molecule has 0 atom stereocenters. The van der Waals surface area contributed by atoms with Crippen LogP contribution in [-0.4, -0.2) is 22.3 Å². The maximum atomic E-state index is 11.2. The zero-order chi connectivity index (χ0) is 11.3. The summed E-state index contributed by atoms with van der Waals surface area (Å²) in [4.78, 5) is 16.0. The average Bonchev–Trinajstić information content (AvgIpc) is 2.51. The van der Waals surface area contributed by atoms with Gasteiger partial charge in [0.1, 0.15) is 0 Å². The normalized spacial score (nSPS) is 10.3. The molecule has 0 saturated carbocycles. The lowest BCUT2D eigenvalue weighted by atomic mass is 10.4. The van der Waals surface area contributed by atoms with E-state index in [2.05, 4.69) is 10.6 Å². The molecular formula is C10H17N3O2. The quantitative estimate of drug-likeness (QED) is 0.738. The molecule has 0 unspecified atom stereocenters. The molecule has 0 radical (unpaired) electrons. The van der Waals surface area contributed by atoms with E-state index in [0.29, 0.717) is 19.6 Å². The van der Waals surface area contributed by atoms with Gasteiger partial charge in [-0.2, -0.15) is 5.10 Å². The van der Waals surface area contributed by atoms with E-state index in [0.717, 1.165) is 11.4 Å². The number of hydrogen-bond acceptors (Lipinski definition) is 3. The Bertz CT molecular complexity index is 333. The summed E-state index contributed by atoms with van der Waals surface area (Å²) in [5.41, 5.74) is 4.39. The van der Waals surface area contributed by atoms with Gasteiger partial charge in [0, 0.05) is 12.1 Å². The molecule has 1 amide bonds. The fraction of sp³-hybridized carbons (Fsp3) is 0.600. The molecule has 0 saturated heterocycles. The van der Waals surface area contributed by atoms with Crippen LogP contribution in [0.15, 0.2) is 6.07 Å². The summed E-state index contributed by atoms with van der Waals surface area (Å²) in [5, 5.41) is 4.26. The molecule has 0 aliphatic rings. The van der Waals surface area contributed by atoms with Crippen LogP contribution in [0.1, 0.15) is 24.7 Å². The number of amides is 1. The standard InChI is InChI=1S/C10H17N3O2/c1-4-15-12-10(14)5-6-13-9(3)7-8(2)11-13/h7H,4-6H2,1-3H3,(H,12,14). The Balaban J connectivity index is 2.36. The molecule has 0 bridgehead atoms. The molecule has 0 aliphatic carbocycles. The van der Waals surface area contributed by atoms with Crippen molar-refractivity contribution in [2.45, 2.75) is 33.7 Å². The fourth-order valence-corrected chi connectivity index (χ4v) is 1.31. The maximum absolute atomic E-state index is 11.2. The molecule has 5 nitrogen and oxygen atoms in total. The molecule has 0 fully saturated rings. The van der Waals surface area contributed by atoms with E-state index >= 15 is 0 Å². The molecule has 1 aromatic heterocycles. The second kappa shape index (κ2) is 5.50. The van der Waals surface area contributed by atoms with Gasteiger partial charge in [-0.25, -0.2) is 5.48 Å². The van der Waals surface area contributed by atoms with Gasteiger partial charge in [-0.05, 0) is 26.8 Å². The second-order valence-corrected chi connectivity index (χ2v) is 3.36. The van der Waals surface area contributed by atoms with E-state index in [1.807, 2.05) is 31.5 Å². The van der Waals surface area contributed by atoms with Crippen molar-refractivity contribution in [3.8, 4) is 0 Å². The minimum absolute atomic E-state index is 0.121. The van der Waals surface area contributed by atoms with Crippen molar-refractivity contribution in [1.29, 1.82) is 0 Å². The van der Waals surface area contributed by atoms with Gasteiger partial charge in [0.05, 0.1) is 18.8 Å². The monoisotopic (exact) mass is 211 g/mol. The number of hydroxylamine groups is 1. The Morgan fingerprint density at radius 2 is 2.33 bits per heavy atom. The van der Waals surface area contributed by atoms with E-state index in [9.17, 15) is 4.79 Å². The summed E-state index contributed by atoms with van der Waals surface area (Å²) in [7, 11) is 0. The van der Waals surface area contributed by atoms with E-state index < -0.39 is 0 Å². The Morgan fingerprint density at radius 1 is 1.60 bits per heavy atom. The summed E-state index contributed by atoms with van der Waals surface area (Å²) in [6.07, 6.45) is 0.377. The third kappa shape index (κ3) is 3.71. The number of rotatable bonds is 5. The summed E-state index contributed by atoms with van der Waals surface area (Å²) < 4.78 is 1.82. The number of aryl methyl sites for hydroxylation is 3. The van der Waals surface area contributed by atoms with Crippen LogP contribution in [0.4, 0.5) is 0 Å². The summed E-state index contributed by atoms with van der Waals surface area (Å²) >= 11 is 0. The van der Waals surface area contributed by atoms with Gasteiger partial charge < -0.3 is 0 Å². The molecule has 15 heavy (non-hydrogen) atoms. The molecular weight excluding hydrogens is 194 g/mol. The SMILES string of the molecule is CCONC(=O)CCn1nc(C)cc1C. The number of carbonyl (C=O) groups is 1. The zero-order valence-corrected chi connectivity index (χ0v) is 9.41. The van der Waals surface area contributed by atoms with Crippen molar-refractivity contribution in [2.24, 2.45) is 0 Å². The number of nitrogens with one attached hydrogen (secondary N) is 1. The molecule has 1 rings (SSSR count). The molecule has 0 aromatic carbocycles. The number of hydrogen-bond donors (Lipinski definition) is 1. The van der Waals surface area contributed by atoms with Crippen molar-refractivity contribution in [3.63, 3.8) is 0 Å². The van der Waals surface area contributed by atoms with Gasteiger partial charge in [-0.15, -0.1) is 0 Å². The lowest BCUT2D eigenvalue weighted by Gasteiger charge is -2.05. The van der Waals surface area contributed by atoms with Crippen LogP contribution in [0, 0.1) is 13.8 Å². The minimum Gasteiger partial charge on any atom is -0.274 e. The molecule has 0 aliphatic heterocycles. The summed E-state index contributed by atoms with van der Waals surface area (Å²) in [5.74, 6) is -0.121. The zero-order valence-electron chi connectivity index (χ0n) is 9.41. The van der Waals surface area contributed by atoms with Crippen molar-refractivity contribution >= 4 is 5.91 Å². The van der Waals surface area contributed by atoms with Crippen molar-refractivity contribution in [1.82, 2.24) is 15.3 Å². The predicted octanol–water partition coefficient (Wildman–Crippen LogP) is 0.958. The number of nitrogens with zero attached hydrogens (tertiary/aromatic N) is 2. The maximum Gasteiger partial charge on any atom is 0.245 e. The first kappa shape index (κ1) is 11.7. The largest absolute Gasteiger partial charge is 0.274 e. The lowest BCUT2D eigenvalue weighted by Crippen LogP contribution is -2.24. The topological polar surface area (TPSA) is 56.1 Å². The third-order valence-electron chi connectivity index (χ3n) is 1.98. The second-order valence-electron chi connectivity index (χ2n) is 3.36. The Labute approximate surface area is 89.4 Å². The van der Waals surface area contributed by atoms with Gasteiger partial charge in [-0.1, -0.05) is 0 Å². The van der Waals surface area contributed by atoms with Crippen molar-refractivity contribution < 1.29 is 9.63 Å². The van der Waals surface area contributed by atoms with Gasteiger partial charge in [0.2, 0.25) is 5.91 Å². The molecule has 1 aromatic rings. The minimum atomic E-state index is -0.121. The van der Waals surface area contributed by atoms with Gasteiger partial charge in [0.25, 0.3) is 0 Å². The van der Waals surface area contributed by atoms with Gasteiger partial charge in [0.15, 0.2) is 0 Å². The average molecular weight is 211 g/mol. The van der Waals surface area contributed by atoms with Crippen molar-refractivity contribution in [3.05, 3.63) is 17.5 Å². The lowest BCUT2D eigenvalue weighted by molar-refractivity contribution is -0.133. The van der Waals surface area contributed by atoms with Crippen LogP contribution in [0.3, 0.4) is 0 Å². The highest BCUT2D eigenvalue weighted by Crippen LogP contribution is 2.02. The molecule has 84 valence electrons. The highest BCUT2D eigenvalue weighted by molar-refractivity contribution is 5.74. The highest BCUT2D eigenvalue weighted by Gasteiger charge is 2.04. The third-order valence-corrected chi connectivity index (χ3v) is 1.98. The van der Waals surface area contributed by atoms with Crippen LogP contribution in [-0.2, 0) is 16.2 Å². The van der Waals surface area contributed by atoms with Crippen LogP contribution in [0.5, 0.6) is 0 Å². The van der Waals surface area contributed by atoms with E-state index in [4.69, 9.17) is 4.84 Å². The Hall–Kier alpha value is -1.36. The molecule has 1 heterocycles. The number of carbonyl (C=O) groups excluding carboxylic acids is 1. The molecule has 0 spiro atoms. The smallest absolute Gasteiger partial charge is 0.245 e. The van der Waals surface area contributed by atoms with Crippen LogP contribution in [0.25, 0.3) is 0 Å². The Kier molecular flexibility index (Phi) is 4.30. The van der Waals surface area contributed by atoms with Gasteiger partial charge in [-0.3, -0.25) is 14.3 Å².